The van der Waals surface area contributed by atoms with Crippen LogP contribution in [-0.2, 0) is 65.4 Å². The lowest BCUT2D eigenvalue weighted by molar-refractivity contribution is -0.161. The maximum absolute atomic E-state index is 13.1. The minimum absolute atomic E-state index is 0.108. The number of hydrogen-bond donors (Lipinski definition) is 3. The van der Waals surface area contributed by atoms with Gasteiger partial charge in [-0.2, -0.15) is 0 Å². The summed E-state index contributed by atoms with van der Waals surface area (Å²) in [7, 11) is -9.91. The van der Waals surface area contributed by atoms with Crippen LogP contribution in [0.15, 0.2) is 0 Å². The van der Waals surface area contributed by atoms with Crippen molar-refractivity contribution in [2.24, 2.45) is 5.92 Å². The summed E-state index contributed by atoms with van der Waals surface area (Å²) in [6, 6.07) is 0. The van der Waals surface area contributed by atoms with E-state index in [1.807, 2.05) is 0 Å². The lowest BCUT2D eigenvalue weighted by Crippen LogP contribution is -2.30. The number of unbranched alkanes of at least 4 members (excludes halogenated alkanes) is 51. The fourth-order valence-corrected chi connectivity index (χ4v) is 13.8. The first kappa shape index (κ1) is 96.1. The molecule has 98 heavy (non-hydrogen) atoms. The van der Waals surface area contributed by atoms with E-state index in [0.29, 0.717) is 25.7 Å². The molecule has 0 bridgehead atoms. The summed E-state index contributed by atoms with van der Waals surface area (Å²) >= 11 is 0. The second-order valence-electron chi connectivity index (χ2n) is 28.9. The number of carbonyl (C=O) groups is 4. The third kappa shape index (κ3) is 72.4. The molecule has 0 spiro atoms. The number of carbonyl (C=O) groups excluding carboxylic acids is 4. The second-order valence-corrected chi connectivity index (χ2v) is 31.8. The van der Waals surface area contributed by atoms with E-state index in [-0.39, 0.29) is 25.7 Å². The Hall–Kier alpha value is -1.94. The van der Waals surface area contributed by atoms with Crippen molar-refractivity contribution in [1.82, 2.24) is 0 Å². The fourth-order valence-electron chi connectivity index (χ4n) is 12.2. The summed E-state index contributed by atoms with van der Waals surface area (Å²) in [5.41, 5.74) is 0. The summed E-state index contributed by atoms with van der Waals surface area (Å²) in [5, 5.41) is 10.6. The van der Waals surface area contributed by atoms with Crippen LogP contribution in [0, 0.1) is 5.92 Å². The van der Waals surface area contributed by atoms with Gasteiger partial charge in [-0.3, -0.25) is 37.3 Å². The minimum Gasteiger partial charge on any atom is -0.462 e. The van der Waals surface area contributed by atoms with Crippen LogP contribution in [0.4, 0.5) is 0 Å². The summed E-state index contributed by atoms with van der Waals surface area (Å²) in [4.78, 5) is 72.9. The first-order chi connectivity index (χ1) is 47.5. The molecule has 0 fully saturated rings. The molecule has 17 nitrogen and oxygen atoms in total. The van der Waals surface area contributed by atoms with Gasteiger partial charge >= 0.3 is 39.5 Å². The zero-order valence-corrected chi connectivity index (χ0v) is 65.7. The average molecular weight is 1440 g/mol. The van der Waals surface area contributed by atoms with E-state index < -0.39 is 97.5 Å². The van der Waals surface area contributed by atoms with E-state index in [2.05, 4.69) is 34.6 Å². The monoisotopic (exact) mass is 1440 g/mol. The Morgan fingerprint density at radius 3 is 0.694 bits per heavy atom. The van der Waals surface area contributed by atoms with Gasteiger partial charge in [-0.1, -0.05) is 369 Å². The number of rotatable bonds is 79. The van der Waals surface area contributed by atoms with Crippen molar-refractivity contribution in [3.63, 3.8) is 0 Å². The molecule has 0 aliphatic heterocycles. The molecule has 0 aromatic heterocycles. The highest BCUT2D eigenvalue weighted by molar-refractivity contribution is 7.47. The molecule has 3 N–H and O–H groups in total. The van der Waals surface area contributed by atoms with Gasteiger partial charge in [0, 0.05) is 25.7 Å². The summed E-state index contributed by atoms with van der Waals surface area (Å²) < 4.78 is 68.6. The quantitative estimate of drug-likeness (QED) is 0.0222. The molecule has 0 radical (unpaired) electrons. The van der Waals surface area contributed by atoms with Gasteiger partial charge in [0.05, 0.1) is 26.4 Å². The summed E-state index contributed by atoms with van der Waals surface area (Å²) in [6.45, 7) is 7.32. The molecule has 5 atom stereocenters. The van der Waals surface area contributed by atoms with Crippen LogP contribution in [0.1, 0.15) is 420 Å². The van der Waals surface area contributed by atoms with E-state index >= 15 is 0 Å². The molecule has 0 saturated heterocycles. The number of phosphoric ester groups is 2. The van der Waals surface area contributed by atoms with E-state index in [1.165, 1.54) is 244 Å². The summed E-state index contributed by atoms with van der Waals surface area (Å²) in [5.74, 6) is -1.34. The smallest absolute Gasteiger partial charge is 0.462 e. The zero-order chi connectivity index (χ0) is 71.9. The third-order valence-electron chi connectivity index (χ3n) is 18.5. The number of aliphatic hydroxyl groups is 1. The predicted molar refractivity (Wildman–Crippen MR) is 400 cm³/mol. The maximum Gasteiger partial charge on any atom is 0.472 e. The minimum atomic E-state index is -4.96. The van der Waals surface area contributed by atoms with E-state index in [1.54, 1.807) is 0 Å². The highest BCUT2D eigenvalue weighted by Gasteiger charge is 2.30. The second kappa shape index (κ2) is 72.0. The first-order valence-corrected chi connectivity index (χ1v) is 44.1. The molecule has 0 saturated carbocycles. The summed E-state index contributed by atoms with van der Waals surface area (Å²) in [6.07, 6.45) is 62.3. The lowest BCUT2D eigenvalue weighted by atomic mass is 10.0. The number of esters is 4. The maximum atomic E-state index is 13.1. The van der Waals surface area contributed by atoms with Gasteiger partial charge < -0.3 is 33.8 Å². The molecule has 0 amide bonds. The molecule has 0 aromatic carbocycles. The Bertz CT molecular complexity index is 1870. The number of aliphatic hydroxyl groups excluding tert-OH is 1. The zero-order valence-electron chi connectivity index (χ0n) is 63.9. The van der Waals surface area contributed by atoms with Gasteiger partial charge in [-0.15, -0.1) is 0 Å². The third-order valence-corrected chi connectivity index (χ3v) is 20.4. The standard InChI is InChI=1S/C79H154O17P2/c1-6-9-12-15-18-21-24-26-27-28-29-30-31-32-34-39-45-50-55-60-65-79(84)96-75(69-90-77(82)63-58-53-48-43-40-35-37-41-46-51-56-61-72(4)5)71-94-98(87,88)92-67-73(80)66-91-97(85,86)93-70-74(68-89-76(81)62-57-52-47-42-36-23-20-17-14-11-8-3)95-78(83)64-59-54-49-44-38-33-25-22-19-16-13-10-7-2/h72-75,80H,6-71H2,1-5H3,(H,85,86)(H,87,88)/t73-,74+,75+/m0/s1. The Morgan fingerprint density at radius 1 is 0.276 bits per heavy atom. The molecule has 2 unspecified atom stereocenters. The van der Waals surface area contributed by atoms with Crippen molar-refractivity contribution < 1.29 is 80.2 Å². The molecule has 0 rings (SSSR count). The Kier molecular flexibility index (Phi) is 70.6. The van der Waals surface area contributed by atoms with Gasteiger partial charge in [0.15, 0.2) is 12.2 Å². The van der Waals surface area contributed by atoms with Crippen molar-refractivity contribution >= 4 is 39.5 Å². The number of hydrogen-bond acceptors (Lipinski definition) is 15. The van der Waals surface area contributed by atoms with Crippen LogP contribution < -0.4 is 0 Å². The lowest BCUT2D eigenvalue weighted by Gasteiger charge is -2.21. The topological polar surface area (TPSA) is 237 Å². The van der Waals surface area contributed by atoms with Gasteiger partial charge in [0.25, 0.3) is 0 Å². The van der Waals surface area contributed by atoms with Crippen molar-refractivity contribution in [2.75, 3.05) is 39.6 Å². The normalized spacial score (nSPS) is 13.9. The molecule has 19 heteroatoms. The van der Waals surface area contributed by atoms with Gasteiger partial charge in [0.1, 0.15) is 19.3 Å². The number of ether oxygens (including phenoxy) is 4. The largest absolute Gasteiger partial charge is 0.472 e. The molecule has 582 valence electrons. The Balaban J connectivity index is 5.23. The van der Waals surface area contributed by atoms with Crippen molar-refractivity contribution in [3.8, 4) is 0 Å². The van der Waals surface area contributed by atoms with Gasteiger partial charge in [-0.25, -0.2) is 9.13 Å². The van der Waals surface area contributed by atoms with Crippen LogP contribution in [0.25, 0.3) is 0 Å². The van der Waals surface area contributed by atoms with Crippen LogP contribution in [0.2, 0.25) is 0 Å². The van der Waals surface area contributed by atoms with Crippen molar-refractivity contribution in [1.29, 1.82) is 0 Å². The SMILES string of the molecule is CCCCCCCCCCCCCCCCCCCCCCC(=O)O[C@H](COC(=O)CCCCCCCCCCCCCC(C)C)COP(=O)(O)OC[C@@H](O)COP(=O)(O)OC[C@@H](COC(=O)CCCCCCCCCCCCC)OC(=O)CCCCCCCCCCCCCCC. The average Bonchev–Trinajstić information content (AvgIpc) is 1.30. The van der Waals surface area contributed by atoms with Gasteiger partial charge in [0.2, 0.25) is 0 Å². The van der Waals surface area contributed by atoms with Crippen LogP contribution in [0.5, 0.6) is 0 Å². The molecular formula is C79H154O17P2. The van der Waals surface area contributed by atoms with E-state index in [9.17, 15) is 43.2 Å². The molecule has 0 aliphatic rings. The molecule has 0 aliphatic carbocycles. The number of phosphoric acid groups is 2. The highest BCUT2D eigenvalue weighted by atomic mass is 31.2. The van der Waals surface area contributed by atoms with Crippen molar-refractivity contribution in [3.05, 3.63) is 0 Å². The first-order valence-electron chi connectivity index (χ1n) is 41.1. The van der Waals surface area contributed by atoms with Gasteiger partial charge in [-0.05, 0) is 31.6 Å². The van der Waals surface area contributed by atoms with Crippen LogP contribution in [-0.4, -0.2) is 96.7 Å². The molecule has 0 aromatic rings. The molecular weight excluding hydrogens is 1280 g/mol. The van der Waals surface area contributed by atoms with E-state index in [4.69, 9.17) is 37.0 Å². The molecule has 0 heterocycles. The highest BCUT2D eigenvalue weighted by Crippen LogP contribution is 2.45. The Morgan fingerprint density at radius 2 is 0.469 bits per heavy atom. The Labute approximate surface area is 600 Å². The van der Waals surface area contributed by atoms with Crippen molar-refractivity contribution in [2.45, 2.75) is 438 Å². The fraction of sp³-hybridized carbons (Fsp3) is 0.949. The van der Waals surface area contributed by atoms with Crippen LogP contribution >= 0.6 is 15.6 Å². The van der Waals surface area contributed by atoms with Crippen LogP contribution in [0.3, 0.4) is 0 Å². The van der Waals surface area contributed by atoms with E-state index in [0.717, 1.165) is 95.8 Å². The predicted octanol–water partition coefficient (Wildman–Crippen LogP) is 23.6.